The standard InChI is InChI=1S/C22H28FN3O2/c1-28-22-18(7-5-11-24-22)10-13-26-12-3-2-9-20(26)15-21(27)25-16-17-6-4-8-19(23)14-17/h4-8,11,14,20H,2-3,9-10,12-13,15-16H2,1H3,(H,25,27). The maximum atomic E-state index is 13.3. The van der Waals surface area contributed by atoms with Gasteiger partial charge in [-0.25, -0.2) is 9.37 Å². The average molecular weight is 385 g/mol. The summed E-state index contributed by atoms with van der Waals surface area (Å²) in [6.07, 6.45) is 6.38. The van der Waals surface area contributed by atoms with E-state index in [0.29, 0.717) is 18.8 Å². The van der Waals surface area contributed by atoms with Crippen molar-refractivity contribution in [2.24, 2.45) is 0 Å². The number of carbonyl (C=O) groups excluding carboxylic acids is 1. The van der Waals surface area contributed by atoms with Crippen molar-refractivity contribution in [2.45, 2.75) is 44.7 Å². The molecule has 0 spiro atoms. The monoisotopic (exact) mass is 385 g/mol. The smallest absolute Gasteiger partial charge is 0.221 e. The van der Waals surface area contributed by atoms with Crippen LogP contribution in [0.5, 0.6) is 5.88 Å². The first kappa shape index (κ1) is 20.3. The molecule has 0 aliphatic carbocycles. The van der Waals surface area contributed by atoms with Crippen molar-refractivity contribution >= 4 is 5.91 Å². The summed E-state index contributed by atoms with van der Waals surface area (Å²) in [5.74, 6) is 0.403. The second kappa shape index (κ2) is 10.2. The van der Waals surface area contributed by atoms with E-state index in [-0.39, 0.29) is 17.8 Å². The normalized spacial score (nSPS) is 17.3. The molecule has 0 saturated carbocycles. The molecule has 5 nitrogen and oxygen atoms in total. The Kier molecular flexibility index (Phi) is 7.37. The van der Waals surface area contributed by atoms with Crippen LogP contribution in [0.2, 0.25) is 0 Å². The number of carbonyl (C=O) groups is 1. The first-order valence-corrected chi connectivity index (χ1v) is 9.89. The van der Waals surface area contributed by atoms with E-state index < -0.39 is 0 Å². The Bertz CT molecular complexity index is 784. The molecular formula is C22H28FN3O2. The summed E-state index contributed by atoms with van der Waals surface area (Å²) in [5, 5.41) is 2.92. The van der Waals surface area contributed by atoms with E-state index in [4.69, 9.17) is 4.74 Å². The average Bonchev–Trinajstić information content (AvgIpc) is 2.72. The molecule has 1 amide bonds. The number of amides is 1. The topological polar surface area (TPSA) is 54.5 Å². The third kappa shape index (κ3) is 5.76. The molecule has 3 rings (SSSR count). The van der Waals surface area contributed by atoms with Crippen LogP contribution in [-0.4, -0.2) is 42.0 Å². The predicted octanol–water partition coefficient (Wildman–Crippen LogP) is 3.33. The third-order valence-corrected chi connectivity index (χ3v) is 5.26. The number of methoxy groups -OCH3 is 1. The van der Waals surface area contributed by atoms with E-state index in [1.165, 1.54) is 12.1 Å². The van der Waals surface area contributed by atoms with Gasteiger partial charge in [0.1, 0.15) is 5.82 Å². The van der Waals surface area contributed by atoms with Gasteiger partial charge in [0.15, 0.2) is 0 Å². The van der Waals surface area contributed by atoms with Crippen LogP contribution >= 0.6 is 0 Å². The first-order chi connectivity index (χ1) is 13.7. The van der Waals surface area contributed by atoms with E-state index in [0.717, 1.165) is 49.9 Å². The molecule has 2 heterocycles. The molecule has 28 heavy (non-hydrogen) atoms. The summed E-state index contributed by atoms with van der Waals surface area (Å²) in [6, 6.07) is 10.5. The zero-order chi connectivity index (χ0) is 19.8. The van der Waals surface area contributed by atoms with Crippen LogP contribution in [0.4, 0.5) is 4.39 Å². The molecular weight excluding hydrogens is 357 g/mol. The zero-order valence-electron chi connectivity index (χ0n) is 16.4. The number of nitrogens with one attached hydrogen (secondary N) is 1. The molecule has 6 heteroatoms. The van der Waals surface area contributed by atoms with Crippen LogP contribution in [0.15, 0.2) is 42.6 Å². The molecule has 1 fully saturated rings. The van der Waals surface area contributed by atoms with Gasteiger partial charge in [-0.2, -0.15) is 0 Å². The van der Waals surface area contributed by atoms with E-state index in [9.17, 15) is 9.18 Å². The highest BCUT2D eigenvalue weighted by Gasteiger charge is 2.24. The molecule has 1 atom stereocenters. The van der Waals surface area contributed by atoms with Crippen LogP contribution in [0.3, 0.4) is 0 Å². The van der Waals surface area contributed by atoms with E-state index in [1.807, 2.05) is 18.2 Å². The van der Waals surface area contributed by atoms with Crippen LogP contribution in [0.25, 0.3) is 0 Å². The van der Waals surface area contributed by atoms with Gasteiger partial charge in [-0.15, -0.1) is 0 Å². The van der Waals surface area contributed by atoms with Gasteiger partial charge in [-0.05, 0) is 49.6 Å². The number of piperidine rings is 1. The molecule has 1 N–H and O–H groups in total. The molecule has 1 saturated heterocycles. The third-order valence-electron chi connectivity index (χ3n) is 5.26. The summed E-state index contributed by atoms with van der Waals surface area (Å²) >= 11 is 0. The van der Waals surface area contributed by atoms with Gasteiger partial charge in [-0.3, -0.25) is 9.69 Å². The highest BCUT2D eigenvalue weighted by atomic mass is 19.1. The number of hydrogen-bond acceptors (Lipinski definition) is 4. The van der Waals surface area contributed by atoms with E-state index >= 15 is 0 Å². The quantitative estimate of drug-likeness (QED) is 0.757. The van der Waals surface area contributed by atoms with Crippen molar-refractivity contribution in [2.75, 3.05) is 20.2 Å². The Morgan fingerprint density at radius 1 is 1.32 bits per heavy atom. The molecule has 2 aromatic rings. The van der Waals surface area contributed by atoms with Crippen molar-refractivity contribution in [3.05, 3.63) is 59.5 Å². The number of pyridine rings is 1. The lowest BCUT2D eigenvalue weighted by Crippen LogP contribution is -2.43. The molecule has 1 unspecified atom stereocenters. The number of halogens is 1. The molecule has 1 aromatic carbocycles. The zero-order valence-corrected chi connectivity index (χ0v) is 16.4. The summed E-state index contributed by atoms with van der Waals surface area (Å²) in [4.78, 5) is 19.1. The Morgan fingerprint density at radius 3 is 3.04 bits per heavy atom. The minimum absolute atomic E-state index is 0.0140. The van der Waals surface area contributed by atoms with Crippen molar-refractivity contribution in [1.82, 2.24) is 15.2 Å². The van der Waals surface area contributed by atoms with Crippen molar-refractivity contribution in [1.29, 1.82) is 0 Å². The van der Waals surface area contributed by atoms with Crippen LogP contribution < -0.4 is 10.1 Å². The fourth-order valence-electron chi connectivity index (χ4n) is 3.78. The molecule has 1 aliphatic rings. The van der Waals surface area contributed by atoms with Gasteiger partial charge in [-0.1, -0.05) is 24.6 Å². The molecule has 0 radical (unpaired) electrons. The van der Waals surface area contributed by atoms with Crippen LogP contribution in [-0.2, 0) is 17.8 Å². The summed E-state index contributed by atoms with van der Waals surface area (Å²) < 4.78 is 18.6. The van der Waals surface area contributed by atoms with Crippen molar-refractivity contribution in [3.8, 4) is 5.88 Å². The second-order valence-corrected chi connectivity index (χ2v) is 7.22. The number of aromatic nitrogens is 1. The Morgan fingerprint density at radius 2 is 2.21 bits per heavy atom. The molecule has 150 valence electrons. The summed E-state index contributed by atoms with van der Waals surface area (Å²) in [6.45, 7) is 2.24. The van der Waals surface area contributed by atoms with Gasteiger partial charge >= 0.3 is 0 Å². The van der Waals surface area contributed by atoms with Gasteiger partial charge < -0.3 is 10.1 Å². The van der Waals surface area contributed by atoms with Gasteiger partial charge in [0.25, 0.3) is 0 Å². The number of hydrogen-bond donors (Lipinski definition) is 1. The Labute approximate surface area is 165 Å². The highest BCUT2D eigenvalue weighted by Crippen LogP contribution is 2.22. The number of nitrogens with zero attached hydrogens (tertiary/aromatic N) is 2. The fraction of sp³-hybridized carbons (Fsp3) is 0.455. The van der Waals surface area contributed by atoms with E-state index in [1.54, 1.807) is 19.4 Å². The summed E-state index contributed by atoms with van der Waals surface area (Å²) in [7, 11) is 1.64. The largest absolute Gasteiger partial charge is 0.481 e. The van der Waals surface area contributed by atoms with Gasteiger partial charge in [0.05, 0.1) is 7.11 Å². The lowest BCUT2D eigenvalue weighted by molar-refractivity contribution is -0.122. The summed E-state index contributed by atoms with van der Waals surface area (Å²) in [5.41, 5.74) is 1.86. The second-order valence-electron chi connectivity index (χ2n) is 7.22. The fourth-order valence-corrected chi connectivity index (χ4v) is 3.78. The van der Waals surface area contributed by atoms with Gasteiger partial charge in [0, 0.05) is 37.3 Å². The lowest BCUT2D eigenvalue weighted by atomic mass is 9.98. The SMILES string of the molecule is COc1ncccc1CCN1CCCCC1CC(=O)NCc1cccc(F)c1. The van der Waals surface area contributed by atoms with Crippen molar-refractivity contribution in [3.63, 3.8) is 0 Å². The number of likely N-dealkylation sites (tertiary alicyclic amines) is 1. The van der Waals surface area contributed by atoms with E-state index in [2.05, 4.69) is 15.2 Å². The Balaban J connectivity index is 1.51. The molecule has 0 bridgehead atoms. The predicted molar refractivity (Wildman–Crippen MR) is 107 cm³/mol. The lowest BCUT2D eigenvalue weighted by Gasteiger charge is -2.35. The minimum Gasteiger partial charge on any atom is -0.481 e. The number of benzene rings is 1. The molecule has 1 aromatic heterocycles. The highest BCUT2D eigenvalue weighted by molar-refractivity contribution is 5.76. The van der Waals surface area contributed by atoms with Crippen molar-refractivity contribution < 1.29 is 13.9 Å². The maximum Gasteiger partial charge on any atom is 0.221 e. The number of ether oxygens (including phenoxy) is 1. The molecule has 1 aliphatic heterocycles. The Hall–Kier alpha value is -2.47. The minimum atomic E-state index is -0.281. The first-order valence-electron chi connectivity index (χ1n) is 9.89. The number of rotatable bonds is 8. The van der Waals surface area contributed by atoms with Crippen LogP contribution in [0.1, 0.15) is 36.8 Å². The maximum absolute atomic E-state index is 13.3. The van der Waals surface area contributed by atoms with Gasteiger partial charge in [0.2, 0.25) is 11.8 Å². The van der Waals surface area contributed by atoms with Crippen LogP contribution in [0, 0.1) is 5.82 Å².